The smallest absolute Gasteiger partial charge is 0.337 e. The summed E-state index contributed by atoms with van der Waals surface area (Å²) in [5, 5.41) is 4.84. The zero-order valence-electron chi connectivity index (χ0n) is 15.2. The molecule has 0 radical (unpaired) electrons. The molecule has 2 aliphatic rings. The molecular weight excluding hydrogens is 348 g/mol. The quantitative estimate of drug-likeness (QED) is 0.550. The number of aromatic nitrogens is 3. The number of hydrogen-bond donors (Lipinski definition) is 0. The van der Waals surface area contributed by atoms with Crippen molar-refractivity contribution in [1.29, 1.82) is 0 Å². The van der Waals surface area contributed by atoms with Crippen LogP contribution in [0.3, 0.4) is 0 Å². The van der Waals surface area contributed by atoms with Crippen molar-refractivity contribution < 1.29 is 9.53 Å². The predicted octanol–water partition coefficient (Wildman–Crippen LogP) is 3.50. The number of ether oxygens (including phenoxy) is 1. The van der Waals surface area contributed by atoms with Crippen LogP contribution < -0.4 is 0 Å². The van der Waals surface area contributed by atoms with Gasteiger partial charge in [0, 0.05) is 18.5 Å². The van der Waals surface area contributed by atoms with Gasteiger partial charge in [0.25, 0.3) is 0 Å². The van der Waals surface area contributed by atoms with E-state index in [1.54, 1.807) is 12.1 Å². The Balaban J connectivity index is 1.45. The molecule has 2 aliphatic carbocycles. The maximum absolute atomic E-state index is 11.5. The molecule has 4 rings (SSSR count). The van der Waals surface area contributed by atoms with Crippen molar-refractivity contribution in [3.8, 4) is 0 Å². The highest BCUT2D eigenvalue weighted by Gasteiger charge is 2.35. The van der Waals surface area contributed by atoms with Gasteiger partial charge in [-0.15, -0.1) is 0 Å². The highest BCUT2D eigenvalue weighted by Crippen LogP contribution is 2.44. The van der Waals surface area contributed by atoms with Crippen LogP contribution in [0.4, 0.5) is 0 Å². The molecule has 1 heterocycles. The van der Waals surface area contributed by atoms with E-state index in [1.165, 1.54) is 38.6 Å². The Kier molecular flexibility index (Phi) is 4.67. The Morgan fingerprint density at radius 2 is 1.96 bits per heavy atom. The summed E-state index contributed by atoms with van der Waals surface area (Å²) in [6.07, 6.45) is 4.92. The second-order valence-electron chi connectivity index (χ2n) is 7.36. The summed E-state index contributed by atoms with van der Waals surface area (Å²) in [5.74, 6) is 1.48. The molecule has 2 aromatic rings. The minimum Gasteiger partial charge on any atom is -0.465 e. The van der Waals surface area contributed by atoms with Crippen LogP contribution in [0.2, 0.25) is 0 Å². The summed E-state index contributed by atoms with van der Waals surface area (Å²) in [5.41, 5.74) is 1.70. The van der Waals surface area contributed by atoms with Gasteiger partial charge in [0.15, 0.2) is 4.77 Å². The van der Waals surface area contributed by atoms with E-state index >= 15 is 0 Å². The first-order chi connectivity index (χ1) is 12.6. The molecule has 138 valence electrons. The summed E-state index contributed by atoms with van der Waals surface area (Å²) in [6.45, 7) is 1.43. The van der Waals surface area contributed by atoms with E-state index in [1.807, 2.05) is 16.8 Å². The Bertz CT molecular complexity index is 863. The molecule has 0 aliphatic heterocycles. The molecule has 2 fully saturated rings. The zero-order chi connectivity index (χ0) is 18.3. The van der Waals surface area contributed by atoms with Gasteiger partial charge in [-0.05, 0) is 62.6 Å². The first-order valence-corrected chi connectivity index (χ1v) is 9.52. The van der Waals surface area contributed by atoms with E-state index in [2.05, 4.69) is 16.5 Å². The van der Waals surface area contributed by atoms with Crippen LogP contribution in [-0.4, -0.2) is 39.4 Å². The normalized spacial score (nSPS) is 16.9. The molecule has 6 nitrogen and oxygen atoms in total. The Labute approximate surface area is 158 Å². The lowest BCUT2D eigenvalue weighted by atomic mass is 10.1. The standard InChI is InChI=1S/C19H24N4O2S/c1-21(11-13-3-5-15(6-4-13)18(24)25-2)12-22-19(26)23(16-9-10-16)17(20-22)14-7-8-14/h3-6,14,16H,7-12H2,1-2H3. The molecule has 1 aromatic heterocycles. The number of methoxy groups -OCH3 is 1. The van der Waals surface area contributed by atoms with Crippen LogP contribution >= 0.6 is 12.2 Å². The number of hydrogen-bond acceptors (Lipinski definition) is 5. The van der Waals surface area contributed by atoms with Crippen LogP contribution in [0.25, 0.3) is 0 Å². The van der Waals surface area contributed by atoms with E-state index in [0.29, 0.717) is 24.2 Å². The van der Waals surface area contributed by atoms with Crippen molar-refractivity contribution in [2.24, 2.45) is 0 Å². The average molecular weight is 372 g/mol. The molecule has 1 aromatic carbocycles. The van der Waals surface area contributed by atoms with Crippen LogP contribution in [0, 0.1) is 4.77 Å². The molecule has 0 saturated heterocycles. The largest absolute Gasteiger partial charge is 0.465 e. The molecule has 0 spiro atoms. The summed E-state index contributed by atoms with van der Waals surface area (Å²) >= 11 is 5.70. The Morgan fingerprint density at radius 3 is 2.54 bits per heavy atom. The number of carbonyl (C=O) groups excluding carboxylic acids is 1. The van der Waals surface area contributed by atoms with Crippen LogP contribution in [-0.2, 0) is 18.0 Å². The number of carbonyl (C=O) groups is 1. The molecule has 0 unspecified atom stereocenters. The van der Waals surface area contributed by atoms with Crippen molar-refractivity contribution >= 4 is 18.2 Å². The molecule has 2 saturated carbocycles. The van der Waals surface area contributed by atoms with Crippen molar-refractivity contribution in [3.63, 3.8) is 0 Å². The molecule has 7 heteroatoms. The topological polar surface area (TPSA) is 52.3 Å². The van der Waals surface area contributed by atoms with Gasteiger partial charge in [-0.25, -0.2) is 9.48 Å². The predicted molar refractivity (Wildman–Crippen MR) is 101 cm³/mol. The van der Waals surface area contributed by atoms with Gasteiger partial charge < -0.3 is 9.30 Å². The van der Waals surface area contributed by atoms with Crippen molar-refractivity contribution in [1.82, 2.24) is 19.2 Å². The summed E-state index contributed by atoms with van der Waals surface area (Å²) < 4.78 is 9.85. The van der Waals surface area contributed by atoms with Crippen molar-refractivity contribution in [3.05, 3.63) is 46.0 Å². The monoisotopic (exact) mass is 372 g/mol. The van der Waals surface area contributed by atoms with Gasteiger partial charge in [0.05, 0.1) is 19.3 Å². The SMILES string of the molecule is COC(=O)c1ccc(CN(C)Cn2nc(C3CC3)n(C3CC3)c2=S)cc1. The number of benzene rings is 1. The summed E-state index contributed by atoms with van der Waals surface area (Å²) in [6, 6.07) is 8.09. The van der Waals surface area contributed by atoms with Gasteiger partial charge in [0.2, 0.25) is 0 Å². The molecule has 0 N–H and O–H groups in total. The van der Waals surface area contributed by atoms with Crippen LogP contribution in [0.5, 0.6) is 0 Å². The Hall–Kier alpha value is -1.99. The maximum Gasteiger partial charge on any atom is 0.337 e. The van der Waals surface area contributed by atoms with Gasteiger partial charge in [-0.3, -0.25) is 4.90 Å². The molecule has 0 atom stereocenters. The fourth-order valence-electron chi connectivity index (χ4n) is 3.28. The first kappa shape index (κ1) is 17.4. The van der Waals surface area contributed by atoms with E-state index in [0.717, 1.165) is 16.9 Å². The number of esters is 1. The lowest BCUT2D eigenvalue weighted by Gasteiger charge is -2.16. The lowest BCUT2D eigenvalue weighted by molar-refractivity contribution is 0.0600. The maximum atomic E-state index is 11.5. The minimum absolute atomic E-state index is 0.311. The summed E-state index contributed by atoms with van der Waals surface area (Å²) in [4.78, 5) is 13.7. The van der Waals surface area contributed by atoms with E-state index in [4.69, 9.17) is 22.1 Å². The van der Waals surface area contributed by atoms with E-state index in [9.17, 15) is 4.79 Å². The molecule has 0 bridgehead atoms. The van der Waals surface area contributed by atoms with E-state index in [-0.39, 0.29) is 5.97 Å². The van der Waals surface area contributed by atoms with Crippen LogP contribution in [0.15, 0.2) is 24.3 Å². The highest BCUT2D eigenvalue weighted by atomic mass is 32.1. The third-order valence-corrected chi connectivity index (χ3v) is 5.36. The number of nitrogens with zero attached hydrogens (tertiary/aromatic N) is 4. The highest BCUT2D eigenvalue weighted by molar-refractivity contribution is 7.71. The van der Waals surface area contributed by atoms with Crippen molar-refractivity contribution in [2.45, 2.75) is 50.9 Å². The van der Waals surface area contributed by atoms with Gasteiger partial charge in [-0.2, -0.15) is 5.10 Å². The molecular formula is C19H24N4O2S. The van der Waals surface area contributed by atoms with Gasteiger partial charge in [0.1, 0.15) is 5.82 Å². The second-order valence-corrected chi connectivity index (χ2v) is 7.73. The first-order valence-electron chi connectivity index (χ1n) is 9.12. The van der Waals surface area contributed by atoms with E-state index < -0.39 is 0 Å². The minimum atomic E-state index is -0.311. The zero-order valence-corrected chi connectivity index (χ0v) is 16.0. The third kappa shape index (κ3) is 3.59. The lowest BCUT2D eigenvalue weighted by Crippen LogP contribution is -2.22. The fraction of sp³-hybridized carbons (Fsp3) is 0.526. The van der Waals surface area contributed by atoms with Crippen LogP contribution in [0.1, 0.15) is 59.4 Å². The molecule has 0 amide bonds. The fourth-order valence-corrected chi connectivity index (χ4v) is 3.62. The molecule has 26 heavy (non-hydrogen) atoms. The van der Waals surface area contributed by atoms with Crippen molar-refractivity contribution in [2.75, 3.05) is 14.2 Å². The Morgan fingerprint density at radius 1 is 1.27 bits per heavy atom. The van der Waals surface area contributed by atoms with Gasteiger partial charge >= 0.3 is 5.97 Å². The number of rotatable bonds is 7. The van der Waals surface area contributed by atoms with Gasteiger partial charge in [-0.1, -0.05) is 12.1 Å². The second kappa shape index (κ2) is 6.96. The average Bonchev–Trinajstić information content (AvgIpc) is 3.54. The summed E-state index contributed by atoms with van der Waals surface area (Å²) in [7, 11) is 3.45. The third-order valence-electron chi connectivity index (χ3n) is 4.95.